The van der Waals surface area contributed by atoms with Gasteiger partial charge in [-0.25, -0.2) is 0 Å². The fourth-order valence-corrected chi connectivity index (χ4v) is 1.39. The van der Waals surface area contributed by atoms with Crippen LogP contribution in [0.4, 0.5) is 0 Å². The number of aldehydes is 1. The Morgan fingerprint density at radius 3 is 2.67 bits per heavy atom. The Morgan fingerprint density at radius 2 is 2.08 bits per heavy atom. The van der Waals surface area contributed by atoms with E-state index >= 15 is 0 Å². The van der Waals surface area contributed by atoms with Gasteiger partial charge in [-0.15, -0.1) is 0 Å². The van der Waals surface area contributed by atoms with E-state index in [9.17, 15) is 9.59 Å². The molecule has 0 bridgehead atoms. The number of hydrogen-bond acceptors (Lipinski definition) is 3. The van der Waals surface area contributed by atoms with Crippen molar-refractivity contribution in [2.24, 2.45) is 0 Å². The third kappa shape index (κ3) is 3.00. The summed E-state index contributed by atoms with van der Waals surface area (Å²) in [4.78, 5) is 22.7. The van der Waals surface area contributed by atoms with Gasteiger partial charge in [0, 0.05) is 13.1 Å². The number of carbonyl (C=O) groups is 2. The Morgan fingerprint density at radius 1 is 1.42 bits per heavy atom. The molecule has 1 amide bonds. The van der Waals surface area contributed by atoms with Gasteiger partial charge in [-0.2, -0.15) is 0 Å². The molecule has 1 aliphatic heterocycles. The summed E-state index contributed by atoms with van der Waals surface area (Å²) in [5.41, 5.74) is 0. The lowest BCUT2D eigenvalue weighted by Gasteiger charge is -2.13. The van der Waals surface area contributed by atoms with E-state index in [-0.39, 0.29) is 0 Å². The number of nitrogens with zero attached hydrogens (tertiary/aromatic N) is 1. The molecule has 0 aromatic carbocycles. The molecule has 0 saturated carbocycles. The number of nitrogens with one attached hydrogen (secondary N) is 1. The molecule has 4 heteroatoms. The molecule has 0 atom stereocenters. The maximum absolute atomic E-state index is 10.5. The molecule has 1 aliphatic rings. The van der Waals surface area contributed by atoms with Crippen molar-refractivity contribution >= 4 is 12.2 Å². The van der Waals surface area contributed by atoms with Crippen molar-refractivity contribution in [1.29, 1.82) is 0 Å². The molecule has 1 rings (SSSR count). The molecule has 0 unspecified atom stereocenters. The third-order valence-corrected chi connectivity index (χ3v) is 2.03. The SMILES string of the molecule is O=CC(=O)NCCN1CCCC1. The van der Waals surface area contributed by atoms with Crippen LogP contribution in [0.5, 0.6) is 0 Å². The van der Waals surface area contributed by atoms with Gasteiger partial charge in [0.1, 0.15) is 0 Å². The van der Waals surface area contributed by atoms with Crippen LogP contribution in [0, 0.1) is 0 Å². The van der Waals surface area contributed by atoms with Crippen molar-refractivity contribution in [1.82, 2.24) is 10.2 Å². The Bertz CT molecular complexity index is 164. The van der Waals surface area contributed by atoms with Crippen molar-refractivity contribution in [2.75, 3.05) is 26.2 Å². The van der Waals surface area contributed by atoms with Gasteiger partial charge < -0.3 is 10.2 Å². The zero-order valence-corrected chi connectivity index (χ0v) is 7.08. The Kier molecular flexibility index (Phi) is 3.73. The number of carbonyl (C=O) groups excluding carboxylic acids is 2. The molecule has 0 aromatic heterocycles. The highest BCUT2D eigenvalue weighted by atomic mass is 16.2. The van der Waals surface area contributed by atoms with Crippen LogP contribution in [-0.4, -0.2) is 43.3 Å². The van der Waals surface area contributed by atoms with Gasteiger partial charge in [-0.3, -0.25) is 9.59 Å². The van der Waals surface area contributed by atoms with Crippen molar-refractivity contribution in [3.05, 3.63) is 0 Å². The van der Waals surface area contributed by atoms with E-state index in [1.54, 1.807) is 0 Å². The predicted molar refractivity (Wildman–Crippen MR) is 44.7 cm³/mol. The summed E-state index contributed by atoms with van der Waals surface area (Å²) < 4.78 is 0. The maximum Gasteiger partial charge on any atom is 0.284 e. The average Bonchev–Trinajstić information content (AvgIpc) is 2.57. The minimum absolute atomic E-state index is 0.310. The lowest BCUT2D eigenvalue weighted by atomic mass is 10.4. The van der Waals surface area contributed by atoms with Crippen LogP contribution < -0.4 is 5.32 Å². The van der Waals surface area contributed by atoms with E-state index in [4.69, 9.17) is 0 Å². The molecule has 68 valence electrons. The fraction of sp³-hybridized carbons (Fsp3) is 0.750. The zero-order chi connectivity index (χ0) is 8.81. The van der Waals surface area contributed by atoms with Gasteiger partial charge in [-0.1, -0.05) is 0 Å². The van der Waals surface area contributed by atoms with Crippen molar-refractivity contribution in [3.8, 4) is 0 Å². The molecule has 1 heterocycles. The fourth-order valence-electron chi connectivity index (χ4n) is 1.39. The molecule has 0 radical (unpaired) electrons. The molecular formula is C8H14N2O2. The highest BCUT2D eigenvalue weighted by Crippen LogP contribution is 2.05. The van der Waals surface area contributed by atoms with Crippen LogP contribution >= 0.6 is 0 Å². The largest absolute Gasteiger partial charge is 0.348 e. The predicted octanol–water partition coefficient (Wildman–Crippen LogP) is -0.603. The second kappa shape index (κ2) is 4.87. The minimum Gasteiger partial charge on any atom is -0.348 e. The first-order chi connectivity index (χ1) is 5.83. The standard InChI is InChI=1S/C8H14N2O2/c11-7-8(12)9-3-6-10-4-1-2-5-10/h7H,1-6H2,(H,9,12). The van der Waals surface area contributed by atoms with Crippen LogP contribution in [-0.2, 0) is 9.59 Å². The van der Waals surface area contributed by atoms with Crippen molar-refractivity contribution < 1.29 is 9.59 Å². The van der Waals surface area contributed by atoms with E-state index < -0.39 is 5.91 Å². The van der Waals surface area contributed by atoms with Gasteiger partial charge in [-0.05, 0) is 25.9 Å². The van der Waals surface area contributed by atoms with E-state index in [1.807, 2.05) is 0 Å². The first-order valence-electron chi connectivity index (χ1n) is 4.28. The summed E-state index contributed by atoms with van der Waals surface area (Å²) in [7, 11) is 0. The number of amides is 1. The quantitative estimate of drug-likeness (QED) is 0.452. The van der Waals surface area contributed by atoms with Crippen LogP contribution in [0.25, 0.3) is 0 Å². The lowest BCUT2D eigenvalue weighted by Crippen LogP contribution is -2.33. The second-order valence-corrected chi connectivity index (χ2v) is 2.96. The molecule has 0 spiro atoms. The molecule has 1 fully saturated rings. The summed E-state index contributed by atoms with van der Waals surface area (Å²) in [6.07, 6.45) is 2.81. The summed E-state index contributed by atoms with van der Waals surface area (Å²) >= 11 is 0. The smallest absolute Gasteiger partial charge is 0.284 e. The molecule has 1 saturated heterocycles. The number of likely N-dealkylation sites (tertiary alicyclic amines) is 1. The van der Waals surface area contributed by atoms with Gasteiger partial charge in [0.25, 0.3) is 5.91 Å². The highest BCUT2D eigenvalue weighted by Gasteiger charge is 2.10. The van der Waals surface area contributed by atoms with Gasteiger partial charge in [0.15, 0.2) is 0 Å². The van der Waals surface area contributed by atoms with Gasteiger partial charge >= 0.3 is 0 Å². The van der Waals surface area contributed by atoms with Crippen molar-refractivity contribution in [2.45, 2.75) is 12.8 Å². The van der Waals surface area contributed by atoms with Crippen molar-refractivity contribution in [3.63, 3.8) is 0 Å². The van der Waals surface area contributed by atoms with Gasteiger partial charge in [0.05, 0.1) is 0 Å². The molecule has 4 nitrogen and oxygen atoms in total. The average molecular weight is 170 g/mol. The number of rotatable bonds is 4. The van der Waals surface area contributed by atoms with Gasteiger partial charge in [0.2, 0.25) is 6.29 Å². The summed E-state index contributed by atoms with van der Waals surface area (Å²) in [5, 5.41) is 2.51. The zero-order valence-electron chi connectivity index (χ0n) is 7.08. The molecular weight excluding hydrogens is 156 g/mol. The van der Waals surface area contributed by atoms with Crippen LogP contribution in [0.2, 0.25) is 0 Å². The third-order valence-electron chi connectivity index (χ3n) is 2.03. The number of hydrogen-bond donors (Lipinski definition) is 1. The van der Waals surface area contributed by atoms with Crippen LogP contribution in [0.1, 0.15) is 12.8 Å². The monoisotopic (exact) mass is 170 g/mol. The van der Waals surface area contributed by atoms with E-state index in [1.165, 1.54) is 12.8 Å². The lowest BCUT2D eigenvalue weighted by molar-refractivity contribution is -0.131. The Balaban J connectivity index is 2.01. The Labute approximate surface area is 71.9 Å². The van der Waals surface area contributed by atoms with E-state index in [0.29, 0.717) is 12.8 Å². The van der Waals surface area contributed by atoms with Crippen LogP contribution in [0.3, 0.4) is 0 Å². The van der Waals surface area contributed by atoms with Crippen LogP contribution in [0.15, 0.2) is 0 Å². The minimum atomic E-state index is -0.519. The molecule has 0 aliphatic carbocycles. The normalized spacial score (nSPS) is 17.7. The molecule has 0 aromatic rings. The van der Waals surface area contributed by atoms with E-state index in [2.05, 4.69) is 10.2 Å². The Hall–Kier alpha value is -0.900. The molecule has 1 N–H and O–H groups in total. The first-order valence-corrected chi connectivity index (χ1v) is 4.28. The highest BCUT2D eigenvalue weighted by molar-refractivity contribution is 6.23. The second-order valence-electron chi connectivity index (χ2n) is 2.96. The maximum atomic E-state index is 10.5. The summed E-state index contributed by atoms with van der Waals surface area (Å²) in [6.45, 7) is 3.69. The topological polar surface area (TPSA) is 49.4 Å². The summed E-state index contributed by atoms with van der Waals surface area (Å²) in [5.74, 6) is -0.519. The first kappa shape index (κ1) is 9.19. The summed E-state index contributed by atoms with van der Waals surface area (Å²) in [6, 6.07) is 0. The molecule has 12 heavy (non-hydrogen) atoms. The van der Waals surface area contributed by atoms with E-state index in [0.717, 1.165) is 19.6 Å².